The number of hydrogen-bond acceptors (Lipinski definition) is 1. The predicted octanol–water partition coefficient (Wildman–Crippen LogP) is 2.53. The quantitative estimate of drug-likeness (QED) is 0.535. The molecule has 0 spiro atoms. The number of rotatable bonds is 3. The van der Waals surface area contributed by atoms with Gasteiger partial charge in [0, 0.05) is 37.2 Å². The second-order valence-electron chi connectivity index (χ2n) is 6.26. The number of likely N-dealkylation sites (tertiary alicyclic amines) is 1. The average molecular weight is 233 g/mol. The molecule has 0 radical (unpaired) electrons. The summed E-state index contributed by atoms with van der Waals surface area (Å²) in [5.74, 6) is 0. The lowest BCUT2D eigenvalue weighted by molar-refractivity contribution is -0.910. The van der Waals surface area contributed by atoms with Crippen molar-refractivity contribution >= 4 is 0 Å². The maximum absolute atomic E-state index is 3.94. The van der Waals surface area contributed by atoms with E-state index in [2.05, 4.69) is 30.8 Å². The molecular weight excluding hydrogens is 208 g/mol. The summed E-state index contributed by atoms with van der Waals surface area (Å²) in [6.45, 7) is 7.70. The molecule has 2 saturated heterocycles. The standard InChI is InChI=1S/C15H25N2/c1-3-10-17(2)11-4-5-15(17)13-6-7-14-8-9-16(14)12-13/h3,12,14-15H,1,4-11H2,2H3/q+1. The summed E-state index contributed by atoms with van der Waals surface area (Å²) < 4.78 is 1.20. The Kier molecular flexibility index (Phi) is 2.78. The molecule has 3 unspecified atom stereocenters. The van der Waals surface area contributed by atoms with E-state index in [4.69, 9.17) is 0 Å². The van der Waals surface area contributed by atoms with Crippen LogP contribution in [-0.4, -0.2) is 48.1 Å². The molecule has 94 valence electrons. The van der Waals surface area contributed by atoms with Crippen LogP contribution in [0, 0.1) is 0 Å². The molecule has 3 heterocycles. The highest BCUT2D eigenvalue weighted by atomic mass is 15.4. The highest BCUT2D eigenvalue weighted by molar-refractivity contribution is 5.16. The molecule has 3 rings (SSSR count). The minimum atomic E-state index is 0.773. The van der Waals surface area contributed by atoms with Crippen molar-refractivity contribution in [3.8, 4) is 0 Å². The molecule has 3 aliphatic rings. The van der Waals surface area contributed by atoms with Crippen molar-refractivity contribution in [1.29, 1.82) is 0 Å². The Hall–Kier alpha value is -0.760. The van der Waals surface area contributed by atoms with E-state index in [0.29, 0.717) is 0 Å². The summed E-state index contributed by atoms with van der Waals surface area (Å²) in [6, 6.07) is 1.66. The first-order valence-electron chi connectivity index (χ1n) is 7.14. The third-order valence-electron chi connectivity index (χ3n) is 5.16. The van der Waals surface area contributed by atoms with E-state index in [1.807, 2.05) is 0 Å². The number of hydrogen-bond donors (Lipinski definition) is 0. The van der Waals surface area contributed by atoms with Crippen LogP contribution in [0.3, 0.4) is 0 Å². The molecule has 0 aromatic carbocycles. The van der Waals surface area contributed by atoms with Crippen LogP contribution in [0.1, 0.15) is 32.1 Å². The van der Waals surface area contributed by atoms with Gasteiger partial charge in [-0.3, -0.25) is 0 Å². The first-order chi connectivity index (χ1) is 8.23. The minimum Gasteiger partial charge on any atom is -0.374 e. The van der Waals surface area contributed by atoms with Gasteiger partial charge in [0.05, 0.1) is 20.1 Å². The van der Waals surface area contributed by atoms with E-state index in [0.717, 1.165) is 18.6 Å². The summed E-state index contributed by atoms with van der Waals surface area (Å²) in [5.41, 5.74) is 1.72. The molecule has 0 aliphatic carbocycles. The Balaban J connectivity index is 1.78. The SMILES string of the molecule is C=CC[N+]1(C)CCCC1C1=CN2CCC2CC1. The smallest absolute Gasteiger partial charge is 0.113 e. The van der Waals surface area contributed by atoms with Gasteiger partial charge in [0.1, 0.15) is 6.04 Å². The molecule has 0 saturated carbocycles. The largest absolute Gasteiger partial charge is 0.374 e. The Labute approximate surface area is 105 Å². The van der Waals surface area contributed by atoms with Crippen molar-refractivity contribution < 1.29 is 4.48 Å². The predicted molar refractivity (Wildman–Crippen MR) is 71.6 cm³/mol. The molecule has 17 heavy (non-hydrogen) atoms. The van der Waals surface area contributed by atoms with Crippen LogP contribution in [0.25, 0.3) is 0 Å². The van der Waals surface area contributed by atoms with Crippen LogP contribution in [-0.2, 0) is 0 Å². The van der Waals surface area contributed by atoms with Crippen molar-refractivity contribution in [2.45, 2.75) is 44.2 Å². The van der Waals surface area contributed by atoms with Crippen LogP contribution < -0.4 is 0 Å². The molecule has 2 fully saturated rings. The molecule has 0 amide bonds. The van der Waals surface area contributed by atoms with Crippen molar-refractivity contribution in [3.63, 3.8) is 0 Å². The van der Waals surface area contributed by atoms with Gasteiger partial charge in [-0.15, -0.1) is 0 Å². The number of likely N-dealkylation sites (N-methyl/N-ethyl adjacent to an activating group) is 1. The van der Waals surface area contributed by atoms with Crippen LogP contribution in [0.4, 0.5) is 0 Å². The molecule has 2 nitrogen and oxygen atoms in total. The van der Waals surface area contributed by atoms with Gasteiger partial charge in [-0.1, -0.05) is 6.58 Å². The number of fused-ring (bicyclic) bond motifs is 1. The van der Waals surface area contributed by atoms with E-state index in [1.165, 1.54) is 49.7 Å². The molecule has 0 N–H and O–H groups in total. The number of quaternary nitrogens is 1. The summed E-state index contributed by atoms with van der Waals surface area (Å²) in [5, 5.41) is 0. The van der Waals surface area contributed by atoms with Crippen LogP contribution in [0.15, 0.2) is 24.4 Å². The monoisotopic (exact) mass is 233 g/mol. The van der Waals surface area contributed by atoms with Crippen molar-refractivity contribution in [2.75, 3.05) is 26.7 Å². The molecule has 2 heteroatoms. The van der Waals surface area contributed by atoms with Gasteiger partial charge in [-0.2, -0.15) is 0 Å². The Morgan fingerprint density at radius 1 is 1.47 bits per heavy atom. The van der Waals surface area contributed by atoms with Crippen LogP contribution in [0.5, 0.6) is 0 Å². The van der Waals surface area contributed by atoms with Gasteiger partial charge in [0.15, 0.2) is 0 Å². The number of nitrogens with zero attached hydrogens (tertiary/aromatic N) is 2. The van der Waals surface area contributed by atoms with Crippen molar-refractivity contribution in [1.82, 2.24) is 4.90 Å². The van der Waals surface area contributed by atoms with E-state index < -0.39 is 0 Å². The van der Waals surface area contributed by atoms with Crippen molar-refractivity contribution in [3.05, 3.63) is 24.4 Å². The third-order valence-corrected chi connectivity index (χ3v) is 5.16. The third kappa shape index (κ3) is 1.83. The topological polar surface area (TPSA) is 3.24 Å². The van der Waals surface area contributed by atoms with Gasteiger partial charge >= 0.3 is 0 Å². The van der Waals surface area contributed by atoms with E-state index in [-0.39, 0.29) is 0 Å². The summed E-state index contributed by atoms with van der Waals surface area (Å²) >= 11 is 0. The Morgan fingerprint density at radius 3 is 3.00 bits per heavy atom. The molecule has 3 aliphatic heterocycles. The zero-order valence-electron chi connectivity index (χ0n) is 11.1. The van der Waals surface area contributed by atoms with E-state index >= 15 is 0 Å². The van der Waals surface area contributed by atoms with Crippen molar-refractivity contribution in [2.24, 2.45) is 0 Å². The molecular formula is C15H25N2+. The van der Waals surface area contributed by atoms with Gasteiger partial charge in [-0.25, -0.2) is 0 Å². The molecule has 0 aromatic rings. The normalized spacial score (nSPS) is 40.5. The van der Waals surface area contributed by atoms with Gasteiger partial charge in [0.2, 0.25) is 0 Å². The fourth-order valence-electron chi connectivity index (χ4n) is 4.02. The van der Waals surface area contributed by atoms with E-state index in [9.17, 15) is 0 Å². The fourth-order valence-corrected chi connectivity index (χ4v) is 4.02. The van der Waals surface area contributed by atoms with Crippen LogP contribution in [0.2, 0.25) is 0 Å². The maximum atomic E-state index is 3.94. The average Bonchev–Trinajstić information content (AvgIpc) is 2.63. The van der Waals surface area contributed by atoms with Gasteiger partial charge < -0.3 is 9.38 Å². The zero-order chi connectivity index (χ0) is 11.9. The Bertz CT molecular complexity index is 347. The minimum absolute atomic E-state index is 0.773. The lowest BCUT2D eigenvalue weighted by Gasteiger charge is -2.46. The first-order valence-corrected chi connectivity index (χ1v) is 7.14. The highest BCUT2D eigenvalue weighted by Gasteiger charge is 2.41. The summed E-state index contributed by atoms with van der Waals surface area (Å²) in [7, 11) is 2.42. The summed E-state index contributed by atoms with van der Waals surface area (Å²) in [4.78, 5) is 2.58. The lowest BCUT2D eigenvalue weighted by Crippen LogP contribution is -2.52. The summed E-state index contributed by atoms with van der Waals surface area (Å²) in [6.07, 6.45) is 11.5. The maximum Gasteiger partial charge on any atom is 0.113 e. The van der Waals surface area contributed by atoms with Gasteiger partial charge in [-0.05, 0) is 25.3 Å². The second kappa shape index (κ2) is 4.16. The molecule has 3 atom stereocenters. The highest BCUT2D eigenvalue weighted by Crippen LogP contribution is 2.37. The van der Waals surface area contributed by atoms with E-state index in [1.54, 1.807) is 5.57 Å². The Morgan fingerprint density at radius 2 is 2.35 bits per heavy atom. The van der Waals surface area contributed by atoms with Crippen LogP contribution >= 0.6 is 0 Å². The molecule has 0 bridgehead atoms. The zero-order valence-corrected chi connectivity index (χ0v) is 11.1. The van der Waals surface area contributed by atoms with Gasteiger partial charge in [0.25, 0.3) is 0 Å². The lowest BCUT2D eigenvalue weighted by atomic mass is 9.88. The fraction of sp³-hybridized carbons (Fsp3) is 0.733. The molecule has 0 aromatic heterocycles. The second-order valence-corrected chi connectivity index (χ2v) is 6.26. The first kappa shape index (κ1) is 11.3.